The molecule has 0 N–H and O–H groups in total. The van der Waals surface area contributed by atoms with Crippen LogP contribution in [0.15, 0.2) is 12.1 Å². The predicted molar refractivity (Wildman–Crippen MR) is 45.5 cm³/mol. The number of carbonyl (C=O) groups excluding carboxylic acids is 2. The van der Waals surface area contributed by atoms with Crippen LogP contribution in [0.5, 0.6) is 0 Å². The zero-order chi connectivity index (χ0) is 9.14. The van der Waals surface area contributed by atoms with Crippen molar-refractivity contribution in [1.29, 1.82) is 0 Å². The Bertz CT molecular complexity index is 293. The normalized spacial score (nSPS) is 9.50. The first-order valence-electron chi connectivity index (χ1n) is 3.56. The molecule has 0 aliphatic carbocycles. The van der Waals surface area contributed by atoms with Gasteiger partial charge < -0.3 is 0 Å². The average molecular weight is 160 g/mol. The van der Waals surface area contributed by atoms with Crippen molar-refractivity contribution in [3.05, 3.63) is 34.4 Å². The highest BCUT2D eigenvalue weighted by molar-refractivity contribution is 5.83. The monoisotopic (exact) mass is 160 g/mol. The van der Waals surface area contributed by atoms with Crippen molar-refractivity contribution in [1.82, 2.24) is 0 Å². The Kier molecular flexibility index (Phi) is 2.38. The molecule has 0 saturated heterocycles. The fourth-order valence-electron chi connectivity index (χ4n) is 1.04. The van der Waals surface area contributed by atoms with Crippen LogP contribution in [0.2, 0.25) is 0 Å². The van der Waals surface area contributed by atoms with E-state index in [9.17, 15) is 9.59 Å². The minimum Gasteiger partial charge on any atom is -0.285 e. The quantitative estimate of drug-likeness (QED) is 0.651. The Morgan fingerprint density at radius 2 is 1.25 bits per heavy atom. The molecule has 0 spiro atoms. The average Bonchev–Trinajstić information content (AvgIpc) is 2.08. The van der Waals surface area contributed by atoms with Crippen LogP contribution in [0.4, 0.5) is 0 Å². The van der Waals surface area contributed by atoms with Gasteiger partial charge in [-0.1, -0.05) is 0 Å². The molecule has 0 atom stereocenters. The van der Waals surface area contributed by atoms with Gasteiger partial charge in [0.05, 0.1) is 0 Å². The first-order valence-corrected chi connectivity index (χ1v) is 3.56. The molecule has 2 heteroatoms. The molecule has 0 aromatic heterocycles. The van der Waals surface area contributed by atoms with Crippen LogP contribution in [-0.2, 0) is 9.59 Å². The molecule has 0 unspecified atom stereocenters. The summed E-state index contributed by atoms with van der Waals surface area (Å²) >= 11 is 0. The highest BCUT2D eigenvalue weighted by Crippen LogP contribution is 2.12. The van der Waals surface area contributed by atoms with Crippen LogP contribution in [0.3, 0.4) is 0 Å². The van der Waals surface area contributed by atoms with Gasteiger partial charge in [0, 0.05) is 11.1 Å². The van der Waals surface area contributed by atoms with Crippen LogP contribution in [-0.4, -0.2) is 12.6 Å². The molecular weight excluding hydrogens is 152 g/mol. The summed E-state index contributed by atoms with van der Waals surface area (Å²) < 4.78 is 0. The summed E-state index contributed by atoms with van der Waals surface area (Å²) in [7, 11) is 0. The maximum Gasteiger partial charge on any atom is 0.233 e. The second kappa shape index (κ2) is 3.30. The first kappa shape index (κ1) is 8.65. The van der Waals surface area contributed by atoms with Crippen molar-refractivity contribution in [2.24, 2.45) is 0 Å². The lowest BCUT2D eigenvalue weighted by molar-refractivity contribution is 0.561. The van der Waals surface area contributed by atoms with E-state index in [1.807, 2.05) is 12.6 Å². The lowest BCUT2D eigenvalue weighted by Crippen LogP contribution is -1.93. The maximum absolute atomic E-state index is 10.4. The van der Waals surface area contributed by atoms with Crippen molar-refractivity contribution >= 4 is 12.6 Å². The van der Waals surface area contributed by atoms with E-state index in [1.54, 1.807) is 26.0 Å². The molecule has 0 amide bonds. The van der Waals surface area contributed by atoms with Gasteiger partial charge in [0.25, 0.3) is 0 Å². The van der Waals surface area contributed by atoms with Crippen LogP contribution < -0.4 is 0 Å². The van der Waals surface area contributed by atoms with E-state index in [2.05, 4.69) is 0 Å². The summed E-state index contributed by atoms with van der Waals surface area (Å²) in [5.74, 6) is 0. The number of benzene rings is 1. The van der Waals surface area contributed by atoms with Crippen molar-refractivity contribution in [2.75, 3.05) is 0 Å². The number of hydrogen-bond donors (Lipinski definition) is 0. The Labute approximate surface area is 71.2 Å². The number of hydrogen-bond acceptors (Lipinski definition) is 2. The smallest absolute Gasteiger partial charge is 0.233 e. The van der Waals surface area contributed by atoms with E-state index in [0.717, 1.165) is 11.1 Å². The Balaban J connectivity index is 3.34. The van der Waals surface area contributed by atoms with Crippen LogP contribution in [0.25, 0.3) is 0 Å². The summed E-state index contributed by atoms with van der Waals surface area (Å²) in [5.41, 5.74) is 2.53. The Hall–Kier alpha value is -1.44. The SMILES string of the molecule is Cc1cc([C]=O)c(C)cc1[C]=O. The Morgan fingerprint density at radius 3 is 1.50 bits per heavy atom. The number of rotatable bonds is 2. The third-order valence-corrected chi connectivity index (χ3v) is 1.79. The van der Waals surface area contributed by atoms with Gasteiger partial charge in [-0.05, 0) is 37.1 Å². The van der Waals surface area contributed by atoms with E-state index in [-0.39, 0.29) is 0 Å². The van der Waals surface area contributed by atoms with Crippen molar-refractivity contribution in [2.45, 2.75) is 13.8 Å². The van der Waals surface area contributed by atoms with Gasteiger partial charge in [0.2, 0.25) is 12.6 Å². The van der Waals surface area contributed by atoms with Gasteiger partial charge in [-0.15, -0.1) is 0 Å². The molecule has 0 bridgehead atoms. The summed E-state index contributed by atoms with van der Waals surface area (Å²) in [6.45, 7) is 3.53. The highest BCUT2D eigenvalue weighted by Gasteiger charge is 2.03. The van der Waals surface area contributed by atoms with Crippen molar-refractivity contribution in [3.8, 4) is 0 Å². The molecule has 0 aliphatic rings. The van der Waals surface area contributed by atoms with Crippen molar-refractivity contribution in [3.63, 3.8) is 0 Å². The predicted octanol–water partition coefficient (Wildman–Crippen LogP) is 1.22. The molecule has 0 saturated carbocycles. The summed E-state index contributed by atoms with van der Waals surface area (Å²) in [6.07, 6.45) is 3.62. The van der Waals surface area contributed by atoms with Gasteiger partial charge in [-0.25, -0.2) is 0 Å². The molecule has 1 aromatic carbocycles. The topological polar surface area (TPSA) is 34.1 Å². The van der Waals surface area contributed by atoms with E-state index >= 15 is 0 Å². The third-order valence-electron chi connectivity index (χ3n) is 1.79. The molecule has 1 rings (SSSR count). The lowest BCUT2D eigenvalue weighted by atomic mass is 10.0. The van der Waals surface area contributed by atoms with Gasteiger partial charge >= 0.3 is 0 Å². The van der Waals surface area contributed by atoms with Crippen LogP contribution in [0, 0.1) is 13.8 Å². The molecule has 1 aromatic rings. The largest absolute Gasteiger partial charge is 0.285 e. The second-order valence-electron chi connectivity index (χ2n) is 2.69. The molecular formula is C10H8O2. The maximum atomic E-state index is 10.4. The van der Waals surface area contributed by atoms with Crippen molar-refractivity contribution < 1.29 is 9.59 Å². The van der Waals surface area contributed by atoms with E-state index in [0.29, 0.717) is 11.1 Å². The fourth-order valence-corrected chi connectivity index (χ4v) is 1.04. The first-order chi connectivity index (χ1) is 5.69. The van der Waals surface area contributed by atoms with Crippen LogP contribution in [0.1, 0.15) is 22.3 Å². The molecule has 2 radical (unpaired) electrons. The van der Waals surface area contributed by atoms with Crippen LogP contribution >= 0.6 is 0 Å². The molecule has 12 heavy (non-hydrogen) atoms. The fraction of sp³-hybridized carbons (Fsp3) is 0.200. The van der Waals surface area contributed by atoms with Gasteiger partial charge in [0.1, 0.15) is 0 Å². The molecule has 0 heterocycles. The molecule has 2 nitrogen and oxygen atoms in total. The van der Waals surface area contributed by atoms with E-state index in [4.69, 9.17) is 0 Å². The zero-order valence-corrected chi connectivity index (χ0v) is 6.97. The van der Waals surface area contributed by atoms with Gasteiger partial charge in [0.15, 0.2) is 0 Å². The van der Waals surface area contributed by atoms with Gasteiger partial charge in [-0.3, -0.25) is 9.59 Å². The van der Waals surface area contributed by atoms with E-state index < -0.39 is 0 Å². The molecule has 0 fully saturated rings. The lowest BCUT2D eigenvalue weighted by Gasteiger charge is -2.01. The Morgan fingerprint density at radius 1 is 0.917 bits per heavy atom. The highest BCUT2D eigenvalue weighted by atomic mass is 16.1. The third kappa shape index (κ3) is 1.42. The number of aryl methyl sites for hydroxylation is 2. The second-order valence-corrected chi connectivity index (χ2v) is 2.69. The molecule has 0 aliphatic heterocycles. The zero-order valence-electron chi connectivity index (χ0n) is 6.97. The van der Waals surface area contributed by atoms with Gasteiger partial charge in [-0.2, -0.15) is 0 Å². The standard InChI is InChI=1S/C10H8O2/c1-7-3-10(6-12)8(2)4-9(7)5-11/h3-4H,1-2H3. The summed E-state index contributed by atoms with van der Waals surface area (Å²) in [4.78, 5) is 20.7. The van der Waals surface area contributed by atoms with E-state index in [1.165, 1.54) is 0 Å². The molecule has 60 valence electrons. The summed E-state index contributed by atoms with van der Waals surface area (Å²) in [6, 6.07) is 3.28. The minimum absolute atomic E-state index is 0.506. The minimum atomic E-state index is 0.506. The summed E-state index contributed by atoms with van der Waals surface area (Å²) in [5, 5.41) is 0.